The van der Waals surface area contributed by atoms with Gasteiger partial charge in [-0.05, 0) is 18.1 Å². The standard InChI is InChI=1S/C10H14N2O3/c1-7(6-13)5-12-10(15)9-8(14)3-2-4-11-9/h2-4,7,13-14H,5-6H2,1H3,(H,12,15). The van der Waals surface area contributed by atoms with Crippen molar-refractivity contribution in [3.8, 4) is 5.75 Å². The van der Waals surface area contributed by atoms with Gasteiger partial charge in [0.25, 0.3) is 5.91 Å². The van der Waals surface area contributed by atoms with Crippen molar-refractivity contribution in [1.82, 2.24) is 10.3 Å². The first-order chi connectivity index (χ1) is 7.15. The Morgan fingerprint density at radius 3 is 3.00 bits per heavy atom. The van der Waals surface area contributed by atoms with Crippen LogP contribution in [0.3, 0.4) is 0 Å². The lowest BCUT2D eigenvalue weighted by Crippen LogP contribution is -2.30. The molecule has 3 N–H and O–H groups in total. The Hall–Kier alpha value is -1.62. The molecule has 1 aromatic heterocycles. The van der Waals surface area contributed by atoms with Crippen molar-refractivity contribution in [2.24, 2.45) is 5.92 Å². The Labute approximate surface area is 87.8 Å². The normalized spacial score (nSPS) is 12.1. The van der Waals surface area contributed by atoms with E-state index < -0.39 is 5.91 Å². The molecule has 0 spiro atoms. The first kappa shape index (κ1) is 11.5. The van der Waals surface area contributed by atoms with Crippen LogP contribution in [0.15, 0.2) is 18.3 Å². The third-order valence-electron chi connectivity index (χ3n) is 1.92. The average Bonchev–Trinajstić information content (AvgIpc) is 2.26. The number of pyridine rings is 1. The lowest BCUT2D eigenvalue weighted by atomic mass is 10.2. The lowest BCUT2D eigenvalue weighted by Gasteiger charge is -2.09. The molecule has 1 amide bonds. The molecule has 0 aliphatic rings. The van der Waals surface area contributed by atoms with Gasteiger partial charge in [0.1, 0.15) is 5.75 Å². The fraction of sp³-hybridized carbons (Fsp3) is 0.400. The largest absolute Gasteiger partial charge is 0.505 e. The summed E-state index contributed by atoms with van der Waals surface area (Å²) >= 11 is 0. The van der Waals surface area contributed by atoms with Crippen LogP contribution >= 0.6 is 0 Å². The Balaban J connectivity index is 2.58. The third-order valence-corrected chi connectivity index (χ3v) is 1.92. The maximum Gasteiger partial charge on any atom is 0.273 e. The van der Waals surface area contributed by atoms with Crippen molar-refractivity contribution >= 4 is 5.91 Å². The lowest BCUT2D eigenvalue weighted by molar-refractivity contribution is 0.0934. The summed E-state index contributed by atoms with van der Waals surface area (Å²) in [6.07, 6.45) is 1.43. The smallest absolute Gasteiger partial charge is 0.273 e. The van der Waals surface area contributed by atoms with Crippen molar-refractivity contribution in [3.63, 3.8) is 0 Å². The molecule has 0 saturated carbocycles. The number of aromatic hydroxyl groups is 1. The molecule has 0 radical (unpaired) electrons. The fourth-order valence-corrected chi connectivity index (χ4v) is 0.987. The number of aliphatic hydroxyl groups excluding tert-OH is 1. The van der Waals surface area contributed by atoms with Gasteiger partial charge in [-0.1, -0.05) is 6.92 Å². The van der Waals surface area contributed by atoms with E-state index in [1.807, 2.05) is 0 Å². The fourth-order valence-electron chi connectivity index (χ4n) is 0.987. The Morgan fingerprint density at radius 1 is 1.67 bits per heavy atom. The molecular formula is C10H14N2O3. The average molecular weight is 210 g/mol. The van der Waals surface area contributed by atoms with E-state index in [2.05, 4.69) is 10.3 Å². The van der Waals surface area contributed by atoms with E-state index in [0.717, 1.165) is 0 Å². The van der Waals surface area contributed by atoms with Gasteiger partial charge in [-0.2, -0.15) is 0 Å². The van der Waals surface area contributed by atoms with Crippen LogP contribution in [0.4, 0.5) is 0 Å². The van der Waals surface area contributed by atoms with Gasteiger partial charge in [-0.15, -0.1) is 0 Å². The molecule has 82 valence electrons. The number of nitrogens with one attached hydrogen (secondary N) is 1. The Morgan fingerprint density at radius 2 is 2.40 bits per heavy atom. The van der Waals surface area contributed by atoms with Gasteiger partial charge in [0, 0.05) is 19.3 Å². The summed E-state index contributed by atoms with van der Waals surface area (Å²) in [6.45, 7) is 2.17. The van der Waals surface area contributed by atoms with Crippen molar-refractivity contribution in [2.75, 3.05) is 13.2 Å². The van der Waals surface area contributed by atoms with E-state index in [-0.39, 0.29) is 24.0 Å². The van der Waals surface area contributed by atoms with Crippen LogP contribution in [-0.4, -0.2) is 34.3 Å². The van der Waals surface area contributed by atoms with Crippen molar-refractivity contribution in [1.29, 1.82) is 0 Å². The van der Waals surface area contributed by atoms with E-state index in [0.29, 0.717) is 6.54 Å². The summed E-state index contributed by atoms with van der Waals surface area (Å²) in [4.78, 5) is 15.2. The molecule has 0 aliphatic heterocycles. The van der Waals surface area contributed by atoms with E-state index >= 15 is 0 Å². The minimum atomic E-state index is -0.437. The zero-order valence-corrected chi connectivity index (χ0v) is 8.47. The minimum Gasteiger partial charge on any atom is -0.505 e. The molecule has 0 aromatic carbocycles. The molecule has 1 aromatic rings. The number of rotatable bonds is 4. The van der Waals surface area contributed by atoms with Gasteiger partial charge in [0.05, 0.1) is 0 Å². The summed E-state index contributed by atoms with van der Waals surface area (Å²) in [6, 6.07) is 2.94. The zero-order chi connectivity index (χ0) is 11.3. The van der Waals surface area contributed by atoms with Crippen LogP contribution in [0.1, 0.15) is 17.4 Å². The minimum absolute atomic E-state index is 0.00244. The van der Waals surface area contributed by atoms with Crippen LogP contribution in [0.25, 0.3) is 0 Å². The van der Waals surface area contributed by atoms with E-state index in [4.69, 9.17) is 5.11 Å². The van der Waals surface area contributed by atoms with Crippen molar-refractivity contribution in [3.05, 3.63) is 24.0 Å². The maximum absolute atomic E-state index is 11.5. The highest BCUT2D eigenvalue weighted by atomic mass is 16.3. The molecule has 1 rings (SSSR count). The molecule has 0 aliphatic carbocycles. The summed E-state index contributed by atoms with van der Waals surface area (Å²) in [7, 11) is 0. The van der Waals surface area contributed by atoms with Gasteiger partial charge in [0.15, 0.2) is 5.69 Å². The SMILES string of the molecule is CC(CO)CNC(=O)c1ncccc1O. The third kappa shape index (κ3) is 3.21. The summed E-state index contributed by atoms with van der Waals surface area (Å²) in [5, 5.41) is 20.7. The predicted octanol–water partition coefficient (Wildman–Crippen LogP) is 0.145. The quantitative estimate of drug-likeness (QED) is 0.660. The summed E-state index contributed by atoms with van der Waals surface area (Å²) in [5.41, 5.74) is 0.00244. The Bertz CT molecular complexity index is 341. The second kappa shape index (κ2) is 5.31. The van der Waals surface area contributed by atoms with Crippen molar-refractivity contribution in [2.45, 2.75) is 6.92 Å². The van der Waals surface area contributed by atoms with Gasteiger partial charge in [-0.3, -0.25) is 4.79 Å². The number of hydrogen-bond donors (Lipinski definition) is 3. The van der Waals surface area contributed by atoms with Gasteiger partial charge < -0.3 is 15.5 Å². The number of aliphatic hydroxyl groups is 1. The molecule has 5 nitrogen and oxygen atoms in total. The molecule has 1 atom stereocenters. The molecule has 5 heteroatoms. The van der Waals surface area contributed by atoms with E-state index in [9.17, 15) is 9.90 Å². The molecule has 0 saturated heterocycles. The zero-order valence-electron chi connectivity index (χ0n) is 8.47. The Kier molecular flexibility index (Phi) is 4.05. The topological polar surface area (TPSA) is 82.5 Å². The first-order valence-corrected chi connectivity index (χ1v) is 4.68. The highest BCUT2D eigenvalue weighted by Gasteiger charge is 2.12. The summed E-state index contributed by atoms with van der Waals surface area (Å²) in [5.74, 6) is -0.597. The number of aromatic nitrogens is 1. The molecule has 1 unspecified atom stereocenters. The van der Waals surface area contributed by atoms with Crippen LogP contribution in [-0.2, 0) is 0 Å². The number of nitrogens with zero attached hydrogens (tertiary/aromatic N) is 1. The second-order valence-electron chi connectivity index (χ2n) is 3.37. The summed E-state index contributed by atoms with van der Waals surface area (Å²) < 4.78 is 0. The van der Waals surface area contributed by atoms with E-state index in [1.165, 1.54) is 12.3 Å². The van der Waals surface area contributed by atoms with Crippen LogP contribution in [0.2, 0.25) is 0 Å². The monoisotopic (exact) mass is 210 g/mol. The van der Waals surface area contributed by atoms with Gasteiger partial charge >= 0.3 is 0 Å². The van der Waals surface area contributed by atoms with Crippen LogP contribution in [0, 0.1) is 5.92 Å². The predicted molar refractivity (Wildman–Crippen MR) is 54.5 cm³/mol. The van der Waals surface area contributed by atoms with E-state index in [1.54, 1.807) is 13.0 Å². The molecule has 15 heavy (non-hydrogen) atoms. The number of amides is 1. The molecule has 0 fully saturated rings. The molecule has 1 heterocycles. The van der Waals surface area contributed by atoms with Gasteiger partial charge in [0.2, 0.25) is 0 Å². The van der Waals surface area contributed by atoms with Gasteiger partial charge in [-0.25, -0.2) is 4.98 Å². The first-order valence-electron chi connectivity index (χ1n) is 4.68. The molecular weight excluding hydrogens is 196 g/mol. The van der Waals surface area contributed by atoms with Crippen LogP contribution < -0.4 is 5.32 Å². The highest BCUT2D eigenvalue weighted by molar-refractivity contribution is 5.94. The van der Waals surface area contributed by atoms with Crippen molar-refractivity contribution < 1.29 is 15.0 Å². The number of carbonyl (C=O) groups is 1. The second-order valence-corrected chi connectivity index (χ2v) is 3.37. The highest BCUT2D eigenvalue weighted by Crippen LogP contribution is 2.11. The van der Waals surface area contributed by atoms with Crippen LogP contribution in [0.5, 0.6) is 5.75 Å². The molecule has 0 bridgehead atoms. The maximum atomic E-state index is 11.5. The number of carbonyl (C=O) groups excluding carboxylic acids is 1. The number of hydrogen-bond acceptors (Lipinski definition) is 4.